The fourth-order valence-corrected chi connectivity index (χ4v) is 1.85. The summed E-state index contributed by atoms with van der Waals surface area (Å²) < 4.78 is 2.93. The van der Waals surface area contributed by atoms with E-state index in [0.717, 1.165) is 4.57 Å². The van der Waals surface area contributed by atoms with Crippen molar-refractivity contribution in [3.8, 4) is 0 Å². The van der Waals surface area contributed by atoms with Gasteiger partial charge in [-0.05, 0) is 6.92 Å². The number of halogens is 1. The molecule has 0 aliphatic rings. The molecule has 0 saturated heterocycles. The number of aromatic amines is 1. The van der Waals surface area contributed by atoms with Crippen LogP contribution in [0.4, 0.5) is 0 Å². The number of imidazole rings is 1. The zero-order chi connectivity index (χ0) is 12.4. The average molecular weight is 255 g/mol. The zero-order valence-electron chi connectivity index (χ0n) is 9.13. The van der Waals surface area contributed by atoms with Gasteiger partial charge in [0.2, 0.25) is 0 Å². The Bertz CT molecular complexity index is 583. The fraction of sp³-hybridized carbons (Fsp3) is 0.300. The van der Waals surface area contributed by atoms with Crippen molar-refractivity contribution in [3.05, 3.63) is 50.8 Å². The minimum atomic E-state index is -0.505. The molecule has 0 fully saturated rings. The lowest BCUT2D eigenvalue weighted by molar-refractivity contribution is 0.435. The second-order valence-electron chi connectivity index (χ2n) is 3.74. The number of aromatic nitrogens is 4. The van der Waals surface area contributed by atoms with E-state index in [9.17, 15) is 9.59 Å². The van der Waals surface area contributed by atoms with Crippen LogP contribution in [0.3, 0.4) is 0 Å². The van der Waals surface area contributed by atoms with Crippen LogP contribution in [0, 0.1) is 0 Å². The Morgan fingerprint density at radius 2 is 2.29 bits per heavy atom. The van der Waals surface area contributed by atoms with Crippen LogP contribution in [0.1, 0.15) is 13.0 Å². The SMILES string of the molecule is CC(Cn1ccnc1)n1c(=O)cc(Cl)[nH]c1=O. The van der Waals surface area contributed by atoms with Gasteiger partial charge in [0, 0.05) is 25.0 Å². The number of H-pyrrole nitrogens is 1. The van der Waals surface area contributed by atoms with E-state index in [1.807, 2.05) is 0 Å². The summed E-state index contributed by atoms with van der Waals surface area (Å²) in [4.78, 5) is 29.6. The number of rotatable bonds is 3. The monoisotopic (exact) mass is 254 g/mol. The summed E-state index contributed by atoms with van der Waals surface area (Å²) in [6.07, 6.45) is 5.04. The number of hydrogen-bond donors (Lipinski definition) is 1. The van der Waals surface area contributed by atoms with Crippen LogP contribution in [0.5, 0.6) is 0 Å². The Morgan fingerprint density at radius 1 is 1.53 bits per heavy atom. The van der Waals surface area contributed by atoms with Crippen molar-refractivity contribution in [1.82, 2.24) is 19.1 Å². The first-order valence-electron chi connectivity index (χ1n) is 5.05. The summed E-state index contributed by atoms with van der Waals surface area (Å²) >= 11 is 5.59. The maximum atomic E-state index is 11.7. The minimum absolute atomic E-state index is 0.0473. The molecule has 0 spiro atoms. The summed E-state index contributed by atoms with van der Waals surface area (Å²) in [5.41, 5.74) is -0.915. The quantitative estimate of drug-likeness (QED) is 0.818. The third-order valence-corrected chi connectivity index (χ3v) is 2.61. The third kappa shape index (κ3) is 2.47. The molecule has 0 saturated carbocycles. The van der Waals surface area contributed by atoms with Gasteiger partial charge in [-0.25, -0.2) is 9.78 Å². The Balaban J connectivity index is 2.34. The Kier molecular flexibility index (Phi) is 3.14. The maximum Gasteiger partial charge on any atom is 0.329 e. The van der Waals surface area contributed by atoms with Crippen molar-refractivity contribution < 1.29 is 0 Å². The Labute approximate surface area is 101 Å². The molecule has 1 N–H and O–H groups in total. The first-order chi connectivity index (χ1) is 8.08. The summed E-state index contributed by atoms with van der Waals surface area (Å²) in [6.45, 7) is 2.27. The van der Waals surface area contributed by atoms with Gasteiger partial charge in [-0.1, -0.05) is 11.6 Å². The molecular formula is C10H11ClN4O2. The number of hydrogen-bond acceptors (Lipinski definition) is 3. The van der Waals surface area contributed by atoms with Gasteiger partial charge in [-0.15, -0.1) is 0 Å². The van der Waals surface area contributed by atoms with Crippen LogP contribution < -0.4 is 11.2 Å². The van der Waals surface area contributed by atoms with Crippen LogP contribution in [0.15, 0.2) is 34.4 Å². The highest BCUT2D eigenvalue weighted by Gasteiger charge is 2.11. The molecule has 17 heavy (non-hydrogen) atoms. The molecule has 0 radical (unpaired) electrons. The first-order valence-corrected chi connectivity index (χ1v) is 5.43. The van der Waals surface area contributed by atoms with Gasteiger partial charge in [0.25, 0.3) is 5.56 Å². The van der Waals surface area contributed by atoms with Gasteiger partial charge in [0.1, 0.15) is 5.15 Å². The van der Waals surface area contributed by atoms with E-state index in [-0.39, 0.29) is 11.2 Å². The van der Waals surface area contributed by atoms with Gasteiger partial charge in [0.15, 0.2) is 0 Å². The summed E-state index contributed by atoms with van der Waals surface area (Å²) in [5.74, 6) is 0. The van der Waals surface area contributed by atoms with Gasteiger partial charge in [-0.2, -0.15) is 0 Å². The molecule has 90 valence electrons. The maximum absolute atomic E-state index is 11.7. The lowest BCUT2D eigenvalue weighted by Crippen LogP contribution is -2.37. The van der Waals surface area contributed by atoms with Crippen LogP contribution in [0.2, 0.25) is 5.15 Å². The smallest absolute Gasteiger partial charge is 0.329 e. The first kappa shape index (κ1) is 11.7. The molecule has 6 nitrogen and oxygen atoms in total. The highest BCUT2D eigenvalue weighted by Crippen LogP contribution is 2.04. The van der Waals surface area contributed by atoms with E-state index < -0.39 is 11.2 Å². The second-order valence-corrected chi connectivity index (χ2v) is 4.15. The summed E-state index contributed by atoms with van der Waals surface area (Å²) in [5, 5.41) is 0.0473. The molecule has 2 rings (SSSR count). The van der Waals surface area contributed by atoms with Crippen LogP contribution in [0.25, 0.3) is 0 Å². The molecular weight excluding hydrogens is 244 g/mol. The molecule has 1 unspecified atom stereocenters. The van der Waals surface area contributed by atoms with E-state index >= 15 is 0 Å². The van der Waals surface area contributed by atoms with Crippen molar-refractivity contribution in [3.63, 3.8) is 0 Å². The predicted molar refractivity (Wildman–Crippen MR) is 63.3 cm³/mol. The van der Waals surface area contributed by atoms with Crippen molar-refractivity contribution in [2.24, 2.45) is 0 Å². The lowest BCUT2D eigenvalue weighted by Gasteiger charge is -2.14. The highest BCUT2D eigenvalue weighted by atomic mass is 35.5. The Morgan fingerprint density at radius 3 is 2.88 bits per heavy atom. The highest BCUT2D eigenvalue weighted by molar-refractivity contribution is 6.29. The standard InChI is InChI=1S/C10H11ClN4O2/c1-7(5-14-3-2-12-6-14)15-9(16)4-8(11)13-10(15)17/h2-4,6-7H,5H2,1H3,(H,13,17). The average Bonchev–Trinajstić information content (AvgIpc) is 2.68. The minimum Gasteiger partial charge on any atom is -0.335 e. The van der Waals surface area contributed by atoms with Crippen molar-refractivity contribution in [1.29, 1.82) is 0 Å². The van der Waals surface area contributed by atoms with E-state index in [1.165, 1.54) is 6.07 Å². The van der Waals surface area contributed by atoms with E-state index in [1.54, 1.807) is 30.2 Å². The van der Waals surface area contributed by atoms with E-state index in [0.29, 0.717) is 6.54 Å². The van der Waals surface area contributed by atoms with Gasteiger partial charge < -0.3 is 4.57 Å². The van der Waals surface area contributed by atoms with Crippen LogP contribution in [-0.4, -0.2) is 19.1 Å². The predicted octanol–water partition coefficient (Wildman–Crippen LogP) is 0.648. The molecule has 0 aliphatic heterocycles. The van der Waals surface area contributed by atoms with Crippen molar-refractivity contribution in [2.75, 3.05) is 0 Å². The second kappa shape index (κ2) is 4.58. The molecule has 0 aliphatic carbocycles. The molecule has 7 heteroatoms. The Hall–Kier alpha value is -1.82. The normalized spacial score (nSPS) is 12.6. The molecule has 0 aromatic carbocycles. The molecule has 0 amide bonds. The van der Waals surface area contributed by atoms with E-state index in [2.05, 4.69) is 9.97 Å². The number of nitrogens with zero attached hydrogens (tertiary/aromatic N) is 3. The molecule has 1 atom stereocenters. The van der Waals surface area contributed by atoms with Crippen molar-refractivity contribution >= 4 is 11.6 Å². The van der Waals surface area contributed by atoms with Gasteiger partial charge >= 0.3 is 5.69 Å². The number of nitrogens with one attached hydrogen (secondary N) is 1. The largest absolute Gasteiger partial charge is 0.335 e. The molecule has 2 aromatic rings. The molecule has 0 bridgehead atoms. The topological polar surface area (TPSA) is 72.7 Å². The lowest BCUT2D eigenvalue weighted by atomic mass is 10.3. The van der Waals surface area contributed by atoms with Gasteiger partial charge in [0.05, 0.1) is 12.4 Å². The van der Waals surface area contributed by atoms with Crippen LogP contribution >= 0.6 is 11.6 Å². The summed E-state index contributed by atoms with van der Waals surface area (Å²) in [7, 11) is 0. The third-order valence-electron chi connectivity index (χ3n) is 2.41. The van der Waals surface area contributed by atoms with Crippen LogP contribution in [-0.2, 0) is 6.54 Å². The molecule has 2 heterocycles. The van der Waals surface area contributed by atoms with E-state index in [4.69, 9.17) is 11.6 Å². The molecule has 2 aromatic heterocycles. The summed E-state index contributed by atoms with van der Waals surface area (Å²) in [6, 6.07) is 0.908. The zero-order valence-corrected chi connectivity index (χ0v) is 9.89. The van der Waals surface area contributed by atoms with Gasteiger partial charge in [-0.3, -0.25) is 14.3 Å². The van der Waals surface area contributed by atoms with Crippen molar-refractivity contribution in [2.45, 2.75) is 19.5 Å². The fourth-order valence-electron chi connectivity index (χ4n) is 1.68.